The highest BCUT2D eigenvalue weighted by Gasteiger charge is 2.42. The zero-order valence-corrected chi connectivity index (χ0v) is 17.4. The van der Waals surface area contributed by atoms with Gasteiger partial charge in [0, 0.05) is 13.1 Å². The molecule has 2 aliphatic rings. The van der Waals surface area contributed by atoms with Crippen LogP contribution in [0.5, 0.6) is 11.5 Å². The van der Waals surface area contributed by atoms with E-state index in [1.165, 1.54) is 4.90 Å². The molecule has 0 spiro atoms. The lowest BCUT2D eigenvalue weighted by Crippen LogP contribution is -2.37. The van der Waals surface area contributed by atoms with Crippen molar-refractivity contribution in [3.8, 4) is 11.5 Å². The standard InChI is InChI=1S/C24H26N2O4/c1-3-30-20-13-9-18(10-14-20)26-23(27)21(17-7-11-19(29-2)12-8-17)22(24(26)28)25-15-5-4-6-16-25/h7-14H,3-6,15-16H2,1-2H3. The summed E-state index contributed by atoms with van der Waals surface area (Å²) in [6, 6.07) is 14.4. The van der Waals surface area contributed by atoms with Crippen molar-refractivity contribution < 1.29 is 19.1 Å². The zero-order valence-electron chi connectivity index (χ0n) is 17.4. The molecule has 1 fully saturated rings. The van der Waals surface area contributed by atoms with Crippen LogP contribution in [0, 0.1) is 0 Å². The summed E-state index contributed by atoms with van der Waals surface area (Å²) in [5.41, 5.74) is 2.23. The van der Waals surface area contributed by atoms with Crippen molar-refractivity contribution in [1.82, 2.24) is 4.90 Å². The van der Waals surface area contributed by atoms with Gasteiger partial charge in [-0.05, 0) is 68.1 Å². The van der Waals surface area contributed by atoms with E-state index in [1.54, 1.807) is 31.4 Å². The molecule has 30 heavy (non-hydrogen) atoms. The normalized spacial score (nSPS) is 17.0. The highest BCUT2D eigenvalue weighted by molar-refractivity contribution is 6.45. The second kappa shape index (κ2) is 8.61. The summed E-state index contributed by atoms with van der Waals surface area (Å²) in [4.78, 5) is 30.3. The Kier molecular flexibility index (Phi) is 5.74. The molecule has 2 aliphatic heterocycles. The number of ether oxygens (including phenoxy) is 2. The molecule has 2 aromatic rings. The maximum Gasteiger partial charge on any atom is 0.282 e. The van der Waals surface area contributed by atoms with Gasteiger partial charge in [-0.25, -0.2) is 4.90 Å². The first-order valence-electron chi connectivity index (χ1n) is 10.4. The van der Waals surface area contributed by atoms with Crippen molar-refractivity contribution in [3.05, 3.63) is 59.8 Å². The minimum atomic E-state index is -0.296. The number of anilines is 1. The van der Waals surface area contributed by atoms with Gasteiger partial charge in [-0.1, -0.05) is 12.1 Å². The summed E-state index contributed by atoms with van der Waals surface area (Å²) in [5.74, 6) is 0.853. The van der Waals surface area contributed by atoms with E-state index in [0.717, 1.165) is 37.9 Å². The van der Waals surface area contributed by atoms with Crippen LogP contribution in [0.2, 0.25) is 0 Å². The highest BCUT2D eigenvalue weighted by Crippen LogP contribution is 2.36. The summed E-state index contributed by atoms with van der Waals surface area (Å²) < 4.78 is 10.7. The first-order chi connectivity index (χ1) is 14.6. The third kappa shape index (κ3) is 3.65. The molecule has 1 saturated heterocycles. The molecule has 6 heteroatoms. The summed E-state index contributed by atoms with van der Waals surface area (Å²) in [7, 11) is 1.60. The van der Waals surface area contributed by atoms with E-state index in [1.807, 2.05) is 31.2 Å². The summed E-state index contributed by atoms with van der Waals surface area (Å²) >= 11 is 0. The number of amides is 2. The van der Waals surface area contributed by atoms with Gasteiger partial charge in [-0.2, -0.15) is 0 Å². The SMILES string of the molecule is CCOc1ccc(N2C(=O)C(c3ccc(OC)cc3)=C(N3CCCCC3)C2=O)cc1. The van der Waals surface area contributed by atoms with Crippen LogP contribution in [0.4, 0.5) is 5.69 Å². The lowest BCUT2D eigenvalue weighted by atomic mass is 10.0. The molecule has 4 rings (SSSR count). The number of piperidine rings is 1. The van der Waals surface area contributed by atoms with Crippen LogP contribution in [0.1, 0.15) is 31.7 Å². The minimum Gasteiger partial charge on any atom is -0.497 e. The molecular weight excluding hydrogens is 380 g/mol. The second-order valence-electron chi connectivity index (χ2n) is 7.37. The van der Waals surface area contributed by atoms with Crippen LogP contribution >= 0.6 is 0 Å². The lowest BCUT2D eigenvalue weighted by Gasteiger charge is -2.29. The molecule has 2 heterocycles. The van der Waals surface area contributed by atoms with Gasteiger partial charge < -0.3 is 14.4 Å². The molecule has 6 nitrogen and oxygen atoms in total. The monoisotopic (exact) mass is 406 g/mol. The number of imide groups is 1. The number of nitrogens with zero attached hydrogens (tertiary/aromatic N) is 2. The van der Waals surface area contributed by atoms with Gasteiger partial charge in [0.2, 0.25) is 0 Å². The van der Waals surface area contributed by atoms with Gasteiger partial charge in [-0.3, -0.25) is 9.59 Å². The number of hydrogen-bond donors (Lipinski definition) is 0. The van der Waals surface area contributed by atoms with Crippen molar-refractivity contribution in [2.45, 2.75) is 26.2 Å². The van der Waals surface area contributed by atoms with E-state index in [-0.39, 0.29) is 11.8 Å². The molecule has 0 radical (unpaired) electrons. The minimum absolute atomic E-state index is 0.267. The van der Waals surface area contributed by atoms with Gasteiger partial charge in [0.25, 0.3) is 11.8 Å². The van der Waals surface area contributed by atoms with Gasteiger partial charge in [0.1, 0.15) is 17.2 Å². The van der Waals surface area contributed by atoms with Gasteiger partial charge >= 0.3 is 0 Å². The molecule has 0 aliphatic carbocycles. The predicted molar refractivity (Wildman–Crippen MR) is 115 cm³/mol. The number of rotatable bonds is 6. The Morgan fingerprint density at radius 3 is 2.07 bits per heavy atom. The summed E-state index contributed by atoms with van der Waals surface area (Å²) in [6.07, 6.45) is 3.18. The summed E-state index contributed by atoms with van der Waals surface area (Å²) in [6.45, 7) is 4.04. The van der Waals surface area contributed by atoms with Crippen LogP contribution in [0.25, 0.3) is 5.57 Å². The maximum atomic E-state index is 13.5. The van der Waals surface area contributed by atoms with Gasteiger partial charge in [0.15, 0.2) is 0 Å². The van der Waals surface area contributed by atoms with Crippen molar-refractivity contribution in [1.29, 1.82) is 0 Å². The molecule has 0 bridgehead atoms. The van der Waals surface area contributed by atoms with E-state index in [4.69, 9.17) is 9.47 Å². The Bertz CT molecular complexity index is 958. The quantitative estimate of drug-likeness (QED) is 0.682. The highest BCUT2D eigenvalue weighted by atomic mass is 16.5. The average Bonchev–Trinajstić information content (AvgIpc) is 3.05. The fourth-order valence-corrected chi connectivity index (χ4v) is 4.04. The van der Waals surface area contributed by atoms with Crippen molar-refractivity contribution in [2.24, 2.45) is 0 Å². The van der Waals surface area contributed by atoms with E-state index in [2.05, 4.69) is 4.90 Å². The van der Waals surface area contributed by atoms with Crippen molar-refractivity contribution in [3.63, 3.8) is 0 Å². The van der Waals surface area contributed by atoms with Crippen LogP contribution in [-0.4, -0.2) is 43.5 Å². The maximum absolute atomic E-state index is 13.5. The molecule has 2 amide bonds. The van der Waals surface area contributed by atoms with E-state index >= 15 is 0 Å². The topological polar surface area (TPSA) is 59.1 Å². The fraction of sp³-hybridized carbons (Fsp3) is 0.333. The third-order valence-electron chi connectivity index (χ3n) is 5.52. The van der Waals surface area contributed by atoms with Crippen molar-refractivity contribution >= 4 is 23.1 Å². The average molecular weight is 406 g/mol. The lowest BCUT2D eigenvalue weighted by molar-refractivity contribution is -0.120. The molecule has 0 N–H and O–H groups in total. The number of carbonyl (C=O) groups excluding carboxylic acids is 2. The molecule has 0 unspecified atom stereocenters. The van der Waals surface area contributed by atoms with E-state index < -0.39 is 0 Å². The fourth-order valence-electron chi connectivity index (χ4n) is 4.04. The number of carbonyl (C=O) groups is 2. The van der Waals surface area contributed by atoms with E-state index in [0.29, 0.717) is 35.1 Å². The number of benzene rings is 2. The van der Waals surface area contributed by atoms with Crippen LogP contribution in [0.3, 0.4) is 0 Å². The Morgan fingerprint density at radius 1 is 0.833 bits per heavy atom. The Hall–Kier alpha value is -3.28. The Morgan fingerprint density at radius 2 is 1.47 bits per heavy atom. The molecule has 2 aromatic carbocycles. The first-order valence-corrected chi connectivity index (χ1v) is 10.4. The predicted octanol–water partition coefficient (Wildman–Crippen LogP) is 3.86. The van der Waals surface area contributed by atoms with Gasteiger partial charge in [-0.15, -0.1) is 0 Å². The number of hydrogen-bond acceptors (Lipinski definition) is 5. The largest absolute Gasteiger partial charge is 0.497 e. The van der Waals surface area contributed by atoms with Crippen LogP contribution in [0.15, 0.2) is 54.2 Å². The number of likely N-dealkylation sites (tertiary alicyclic amines) is 1. The van der Waals surface area contributed by atoms with E-state index in [9.17, 15) is 9.59 Å². The zero-order chi connectivity index (χ0) is 21.1. The summed E-state index contributed by atoms with van der Waals surface area (Å²) in [5, 5.41) is 0. The molecule has 156 valence electrons. The van der Waals surface area contributed by atoms with Gasteiger partial charge in [0.05, 0.1) is 25.0 Å². The molecule has 0 atom stereocenters. The smallest absolute Gasteiger partial charge is 0.282 e. The first kappa shape index (κ1) is 20.0. The van der Waals surface area contributed by atoms with Crippen LogP contribution < -0.4 is 14.4 Å². The Labute approximate surface area is 176 Å². The number of methoxy groups -OCH3 is 1. The molecule has 0 saturated carbocycles. The van der Waals surface area contributed by atoms with Crippen molar-refractivity contribution in [2.75, 3.05) is 31.7 Å². The Balaban J connectivity index is 1.74. The molecule has 0 aromatic heterocycles. The molecular formula is C24H26N2O4. The third-order valence-corrected chi connectivity index (χ3v) is 5.52. The van der Waals surface area contributed by atoms with Crippen LogP contribution in [-0.2, 0) is 9.59 Å². The second-order valence-corrected chi connectivity index (χ2v) is 7.37.